The van der Waals surface area contributed by atoms with Crippen LogP contribution in [0, 0.1) is 0 Å². The lowest BCUT2D eigenvalue weighted by molar-refractivity contribution is -0.163. The van der Waals surface area contributed by atoms with Crippen LogP contribution in [0.4, 0.5) is 26.3 Å². The molecular weight excluding hydrogens is 444 g/mol. The molecule has 0 bridgehead atoms. The topological polar surface area (TPSA) is 29.5 Å². The number of morpholine rings is 1. The number of nitrogens with zero attached hydrogens (tertiary/aromatic N) is 1. The van der Waals surface area contributed by atoms with Gasteiger partial charge in [0.1, 0.15) is 0 Å². The van der Waals surface area contributed by atoms with Gasteiger partial charge in [0.05, 0.1) is 24.3 Å². The molecule has 1 saturated heterocycles. The van der Waals surface area contributed by atoms with Gasteiger partial charge in [-0.3, -0.25) is 4.79 Å². The minimum atomic E-state index is -5.28. The van der Waals surface area contributed by atoms with Gasteiger partial charge < -0.3 is 9.64 Å². The first-order chi connectivity index (χ1) is 14.6. The summed E-state index contributed by atoms with van der Waals surface area (Å²) in [7, 11) is 0. The van der Waals surface area contributed by atoms with Gasteiger partial charge in [-0.1, -0.05) is 36.0 Å². The van der Waals surface area contributed by atoms with Crippen LogP contribution in [0.1, 0.15) is 16.7 Å². The second-order valence-electron chi connectivity index (χ2n) is 6.58. The van der Waals surface area contributed by atoms with E-state index in [9.17, 15) is 31.1 Å². The van der Waals surface area contributed by atoms with Crippen molar-refractivity contribution in [3.8, 4) is 0 Å². The second kappa shape index (κ2) is 9.35. The third-order valence-electron chi connectivity index (χ3n) is 4.47. The molecule has 1 fully saturated rings. The van der Waals surface area contributed by atoms with E-state index in [0.29, 0.717) is 16.7 Å². The molecule has 31 heavy (non-hydrogen) atoms. The van der Waals surface area contributed by atoms with Crippen molar-refractivity contribution >= 4 is 23.7 Å². The summed E-state index contributed by atoms with van der Waals surface area (Å²) in [4.78, 5) is 13.4. The molecule has 0 aliphatic carbocycles. The third kappa shape index (κ3) is 5.82. The zero-order chi connectivity index (χ0) is 22.6. The van der Waals surface area contributed by atoms with E-state index in [-0.39, 0.29) is 26.3 Å². The summed E-state index contributed by atoms with van der Waals surface area (Å²) in [5.74, 6) is -0.590. The molecule has 0 aromatic heterocycles. The first-order valence-corrected chi connectivity index (χ1v) is 9.98. The van der Waals surface area contributed by atoms with E-state index in [2.05, 4.69) is 0 Å². The highest BCUT2D eigenvalue weighted by atomic mass is 32.2. The Labute approximate surface area is 178 Å². The monoisotopic (exact) mass is 461 g/mol. The van der Waals surface area contributed by atoms with Crippen molar-refractivity contribution in [2.24, 2.45) is 0 Å². The molecule has 0 unspecified atom stereocenters. The zero-order valence-electron chi connectivity index (χ0n) is 16.0. The summed E-state index contributed by atoms with van der Waals surface area (Å²) in [6, 6.07) is 9.76. The van der Waals surface area contributed by atoms with Crippen LogP contribution in [0.2, 0.25) is 0 Å². The van der Waals surface area contributed by atoms with Crippen molar-refractivity contribution in [1.29, 1.82) is 0 Å². The number of halogens is 6. The van der Waals surface area contributed by atoms with E-state index >= 15 is 0 Å². The van der Waals surface area contributed by atoms with Crippen LogP contribution < -0.4 is 0 Å². The largest absolute Gasteiger partial charge is 0.418 e. The fourth-order valence-corrected chi connectivity index (χ4v) is 4.08. The Bertz CT molecular complexity index is 951. The number of carbonyl (C=O) groups excluding carboxylic acids is 1. The molecule has 0 atom stereocenters. The lowest BCUT2D eigenvalue weighted by atomic mass is 9.99. The van der Waals surface area contributed by atoms with E-state index in [1.54, 1.807) is 18.2 Å². The van der Waals surface area contributed by atoms with E-state index in [1.807, 2.05) is 0 Å². The van der Waals surface area contributed by atoms with Gasteiger partial charge in [-0.25, -0.2) is 0 Å². The Kier molecular flexibility index (Phi) is 7.00. The summed E-state index contributed by atoms with van der Waals surface area (Å²) in [6.45, 7) is 1.10. The summed E-state index contributed by atoms with van der Waals surface area (Å²) < 4.78 is 87.8. The highest BCUT2D eigenvalue weighted by Crippen LogP contribution is 2.48. The molecule has 2 aromatic rings. The smallest absolute Gasteiger partial charge is 0.378 e. The van der Waals surface area contributed by atoms with E-state index in [0.717, 1.165) is 24.3 Å². The molecule has 3 nitrogen and oxygen atoms in total. The highest BCUT2D eigenvalue weighted by Gasteiger charge is 2.46. The SMILES string of the molecule is O=C(C=Cc1ccc(Sc2ccccc2)c(C(F)(F)F)c1C(F)(F)F)N1CCOCC1. The maximum Gasteiger partial charge on any atom is 0.418 e. The van der Waals surface area contributed by atoms with E-state index in [4.69, 9.17) is 4.74 Å². The second-order valence-corrected chi connectivity index (χ2v) is 7.70. The predicted octanol–water partition coefficient (Wildman–Crippen LogP) is 5.75. The Morgan fingerprint density at radius 1 is 0.903 bits per heavy atom. The molecule has 1 aliphatic rings. The van der Waals surface area contributed by atoms with Gasteiger partial charge in [-0.15, -0.1) is 0 Å². The van der Waals surface area contributed by atoms with Gasteiger partial charge in [0.15, 0.2) is 0 Å². The number of hydrogen-bond acceptors (Lipinski definition) is 3. The molecule has 1 aliphatic heterocycles. The fourth-order valence-electron chi connectivity index (χ4n) is 3.08. The number of carbonyl (C=O) groups is 1. The minimum Gasteiger partial charge on any atom is -0.378 e. The molecule has 0 spiro atoms. The van der Waals surface area contributed by atoms with Crippen LogP contribution in [-0.4, -0.2) is 37.1 Å². The van der Waals surface area contributed by atoms with Crippen LogP contribution >= 0.6 is 11.8 Å². The number of rotatable bonds is 4. The normalized spacial score (nSPS) is 15.5. The summed E-state index contributed by atoms with van der Waals surface area (Å²) >= 11 is 0.594. The molecule has 10 heteroatoms. The van der Waals surface area contributed by atoms with Crippen molar-refractivity contribution in [2.75, 3.05) is 26.3 Å². The standard InChI is InChI=1S/C21H17F6NO2S/c22-20(23,24)18-14(7-9-17(29)28-10-12-30-13-11-28)6-8-16(19(18)21(25,26)27)31-15-4-2-1-3-5-15/h1-9H,10-13H2. The van der Waals surface area contributed by atoms with Crippen LogP contribution in [0.5, 0.6) is 0 Å². The molecule has 3 rings (SSSR count). The molecule has 1 amide bonds. The Morgan fingerprint density at radius 3 is 2.10 bits per heavy atom. The van der Waals surface area contributed by atoms with E-state index < -0.39 is 39.8 Å². The summed E-state index contributed by atoms with van der Waals surface area (Å²) in [5.41, 5.74) is -4.30. The molecule has 1 heterocycles. The molecule has 0 N–H and O–H groups in total. The number of alkyl halides is 6. The average Bonchev–Trinajstić information content (AvgIpc) is 2.72. The third-order valence-corrected chi connectivity index (χ3v) is 5.53. The molecular formula is C21H17F6NO2S. The van der Waals surface area contributed by atoms with Crippen LogP contribution in [-0.2, 0) is 21.9 Å². The van der Waals surface area contributed by atoms with Gasteiger partial charge in [0.2, 0.25) is 5.91 Å². The number of ether oxygens (including phenoxy) is 1. The number of hydrogen-bond donors (Lipinski definition) is 0. The van der Waals surface area contributed by atoms with Gasteiger partial charge in [0.25, 0.3) is 0 Å². The van der Waals surface area contributed by atoms with Crippen molar-refractivity contribution in [2.45, 2.75) is 22.1 Å². The first kappa shape index (κ1) is 23.2. The van der Waals surface area contributed by atoms with Crippen molar-refractivity contribution in [3.05, 3.63) is 65.2 Å². The Balaban J connectivity index is 2.05. The fraction of sp³-hybridized carbons (Fsp3) is 0.286. The average molecular weight is 461 g/mol. The van der Waals surface area contributed by atoms with Gasteiger partial charge >= 0.3 is 12.4 Å². The van der Waals surface area contributed by atoms with Crippen molar-refractivity contribution in [3.63, 3.8) is 0 Å². The maximum atomic E-state index is 13.8. The minimum absolute atomic E-state index is 0.260. The highest BCUT2D eigenvalue weighted by molar-refractivity contribution is 7.99. The van der Waals surface area contributed by atoms with Gasteiger partial charge in [-0.05, 0) is 29.8 Å². The Hall–Kier alpha value is -2.46. The van der Waals surface area contributed by atoms with Crippen molar-refractivity contribution < 1.29 is 35.9 Å². The lowest BCUT2D eigenvalue weighted by Crippen LogP contribution is -2.39. The first-order valence-electron chi connectivity index (χ1n) is 9.16. The summed E-state index contributed by atoms with van der Waals surface area (Å²) in [5, 5.41) is 0. The van der Waals surface area contributed by atoms with Gasteiger partial charge in [-0.2, -0.15) is 26.3 Å². The molecule has 166 valence electrons. The van der Waals surface area contributed by atoms with Gasteiger partial charge in [0, 0.05) is 29.0 Å². The quantitative estimate of drug-likeness (QED) is 0.429. The van der Waals surface area contributed by atoms with Crippen LogP contribution in [0.3, 0.4) is 0 Å². The Morgan fingerprint density at radius 2 is 1.52 bits per heavy atom. The van der Waals surface area contributed by atoms with E-state index in [1.165, 1.54) is 17.0 Å². The summed E-state index contributed by atoms with van der Waals surface area (Å²) in [6.07, 6.45) is -8.88. The molecule has 0 saturated carbocycles. The van der Waals surface area contributed by atoms with Crippen LogP contribution in [0.25, 0.3) is 6.08 Å². The molecule has 0 radical (unpaired) electrons. The van der Waals surface area contributed by atoms with Crippen LogP contribution in [0.15, 0.2) is 58.3 Å². The predicted molar refractivity (Wildman–Crippen MR) is 103 cm³/mol. The molecule has 2 aromatic carbocycles. The maximum absolute atomic E-state index is 13.8. The number of benzene rings is 2. The lowest BCUT2D eigenvalue weighted by Gasteiger charge is -2.25. The van der Waals surface area contributed by atoms with Crippen molar-refractivity contribution in [1.82, 2.24) is 4.90 Å². The zero-order valence-corrected chi connectivity index (χ0v) is 16.8. The number of amides is 1.